The molecule has 7 heteroatoms. The fourth-order valence-electron chi connectivity index (χ4n) is 4.14. The standard InChI is InChI=1S/C24H26FNO4.Na/c1-15(2)26-21-6-4-3-5-20(21)24(16-7-9-17(25)10-8-16)22(26)12-11-18(27)13-19(28)14-23(29)30;/h3-12,15,18,22,24,27H,13-14H2,1-2H3,(H,29,30);/q;+1/p-1. The number of Topliss-reactive ketones (excluding diaryl/α,β-unsaturated/α-hetero) is 1. The summed E-state index contributed by atoms with van der Waals surface area (Å²) in [4.78, 5) is 24.5. The molecule has 1 N–H and O–H groups in total. The Bertz CT molecular complexity index is 945. The molecular weight excluding hydrogens is 408 g/mol. The molecule has 2 aromatic rings. The first-order valence-corrected chi connectivity index (χ1v) is 9.98. The second-order valence-corrected chi connectivity index (χ2v) is 7.82. The van der Waals surface area contributed by atoms with Gasteiger partial charge in [0.05, 0.1) is 12.1 Å². The fourth-order valence-corrected chi connectivity index (χ4v) is 4.14. The molecule has 0 fully saturated rings. The van der Waals surface area contributed by atoms with Gasteiger partial charge in [-0.1, -0.05) is 42.5 Å². The Labute approximate surface area is 203 Å². The average Bonchev–Trinajstić information content (AvgIpc) is 3.00. The number of hydrogen-bond acceptors (Lipinski definition) is 5. The molecule has 0 bridgehead atoms. The third kappa shape index (κ3) is 6.04. The summed E-state index contributed by atoms with van der Waals surface area (Å²) in [6.45, 7) is 4.15. The van der Waals surface area contributed by atoms with Crippen LogP contribution in [0.15, 0.2) is 60.7 Å². The van der Waals surface area contributed by atoms with Gasteiger partial charge in [0.15, 0.2) is 0 Å². The normalized spacial score (nSPS) is 18.7. The van der Waals surface area contributed by atoms with Crippen LogP contribution in [-0.2, 0) is 9.59 Å². The quantitative estimate of drug-likeness (QED) is 0.347. The van der Waals surface area contributed by atoms with Crippen molar-refractivity contribution in [1.29, 1.82) is 0 Å². The summed E-state index contributed by atoms with van der Waals surface area (Å²) in [6.07, 6.45) is 1.30. The Kier molecular flexibility index (Phi) is 9.01. The number of carbonyl (C=O) groups excluding carboxylic acids is 2. The third-order valence-electron chi connectivity index (χ3n) is 5.31. The molecule has 1 aliphatic rings. The summed E-state index contributed by atoms with van der Waals surface area (Å²) in [7, 11) is 0. The molecule has 31 heavy (non-hydrogen) atoms. The zero-order valence-corrected chi connectivity index (χ0v) is 20.0. The molecule has 0 radical (unpaired) electrons. The molecular formula is C24H25FNNaO4. The van der Waals surface area contributed by atoms with Crippen LogP contribution in [0.5, 0.6) is 0 Å². The van der Waals surface area contributed by atoms with Crippen LogP contribution < -0.4 is 39.6 Å². The van der Waals surface area contributed by atoms with Gasteiger partial charge in [-0.2, -0.15) is 0 Å². The predicted octanol–water partition coefficient (Wildman–Crippen LogP) is -0.425. The Morgan fingerprint density at radius 1 is 1.16 bits per heavy atom. The first kappa shape index (κ1) is 25.3. The van der Waals surface area contributed by atoms with Gasteiger partial charge in [0.2, 0.25) is 0 Å². The van der Waals surface area contributed by atoms with Gasteiger partial charge in [-0.05, 0) is 43.2 Å². The first-order valence-electron chi connectivity index (χ1n) is 9.98. The number of anilines is 1. The van der Waals surface area contributed by atoms with Crippen molar-refractivity contribution in [2.24, 2.45) is 0 Å². The summed E-state index contributed by atoms with van der Waals surface area (Å²) >= 11 is 0. The number of aliphatic hydroxyl groups is 1. The number of carboxylic acids is 1. The van der Waals surface area contributed by atoms with E-state index < -0.39 is 24.3 Å². The SMILES string of the molecule is CC(C)N1c2ccccc2C(c2ccc(F)cc2)C1C=CC(O)CC(=O)CC(=O)[O-].[Na+]. The van der Waals surface area contributed by atoms with E-state index in [9.17, 15) is 24.2 Å². The number of rotatable bonds is 8. The van der Waals surface area contributed by atoms with Crippen LogP contribution in [0.25, 0.3) is 0 Å². The van der Waals surface area contributed by atoms with Crippen molar-refractivity contribution in [2.75, 3.05) is 4.90 Å². The van der Waals surface area contributed by atoms with Crippen LogP contribution in [0.2, 0.25) is 0 Å². The molecule has 3 unspecified atom stereocenters. The van der Waals surface area contributed by atoms with Crippen LogP contribution in [0.3, 0.4) is 0 Å². The molecule has 0 spiro atoms. The number of halogens is 1. The van der Waals surface area contributed by atoms with E-state index in [1.165, 1.54) is 18.2 Å². The van der Waals surface area contributed by atoms with E-state index >= 15 is 0 Å². The van der Waals surface area contributed by atoms with Crippen molar-refractivity contribution in [1.82, 2.24) is 0 Å². The molecule has 0 amide bonds. The first-order chi connectivity index (χ1) is 14.3. The van der Waals surface area contributed by atoms with Crippen LogP contribution >= 0.6 is 0 Å². The van der Waals surface area contributed by atoms with Gasteiger partial charge in [-0.3, -0.25) is 4.79 Å². The monoisotopic (exact) mass is 433 g/mol. The summed E-state index contributed by atoms with van der Waals surface area (Å²) < 4.78 is 13.5. The Morgan fingerprint density at radius 3 is 2.42 bits per heavy atom. The van der Waals surface area contributed by atoms with E-state index in [4.69, 9.17) is 0 Å². The van der Waals surface area contributed by atoms with Gasteiger partial charge in [0.1, 0.15) is 11.6 Å². The van der Waals surface area contributed by atoms with Gasteiger partial charge in [-0.25, -0.2) is 4.39 Å². The van der Waals surface area contributed by atoms with Gasteiger partial charge in [0.25, 0.3) is 0 Å². The van der Waals surface area contributed by atoms with E-state index in [1.807, 2.05) is 30.3 Å². The second-order valence-electron chi connectivity index (χ2n) is 7.82. The molecule has 0 saturated carbocycles. The maximum atomic E-state index is 13.5. The number of carboxylic acid groups (broad SMARTS) is 1. The molecule has 5 nitrogen and oxygen atoms in total. The van der Waals surface area contributed by atoms with E-state index in [0.717, 1.165) is 16.8 Å². The van der Waals surface area contributed by atoms with Crippen molar-refractivity contribution in [3.63, 3.8) is 0 Å². The molecule has 2 aromatic carbocycles. The van der Waals surface area contributed by atoms with Gasteiger partial charge < -0.3 is 19.9 Å². The summed E-state index contributed by atoms with van der Waals surface area (Å²) in [5, 5.41) is 20.8. The smallest absolute Gasteiger partial charge is 0.550 e. The molecule has 0 aromatic heterocycles. The van der Waals surface area contributed by atoms with Gasteiger partial charge in [-0.15, -0.1) is 0 Å². The van der Waals surface area contributed by atoms with Crippen molar-refractivity contribution in [3.8, 4) is 0 Å². The fraction of sp³-hybridized carbons (Fsp3) is 0.333. The van der Waals surface area contributed by atoms with Gasteiger partial charge in [0, 0.05) is 36.5 Å². The Hall–Kier alpha value is -1.99. The number of hydrogen-bond donors (Lipinski definition) is 1. The Balaban J connectivity index is 0.00000341. The maximum Gasteiger partial charge on any atom is 1.00 e. The van der Waals surface area contributed by atoms with Crippen LogP contribution in [0, 0.1) is 5.82 Å². The minimum atomic E-state index is -1.45. The molecule has 1 aliphatic heterocycles. The average molecular weight is 433 g/mol. The third-order valence-corrected chi connectivity index (χ3v) is 5.31. The summed E-state index contributed by atoms with van der Waals surface area (Å²) in [6, 6.07) is 14.4. The van der Waals surface area contributed by atoms with Crippen molar-refractivity contribution in [2.45, 2.75) is 50.8 Å². The van der Waals surface area contributed by atoms with Crippen molar-refractivity contribution >= 4 is 17.4 Å². The number of nitrogens with zero attached hydrogens (tertiary/aromatic N) is 1. The van der Waals surface area contributed by atoms with Crippen molar-refractivity contribution in [3.05, 3.63) is 77.6 Å². The minimum absolute atomic E-state index is 0. The largest absolute Gasteiger partial charge is 1.00 e. The van der Waals surface area contributed by atoms with Crippen LogP contribution in [0.4, 0.5) is 10.1 Å². The Morgan fingerprint density at radius 2 is 1.81 bits per heavy atom. The number of aliphatic hydroxyl groups excluding tert-OH is 1. The minimum Gasteiger partial charge on any atom is -0.550 e. The van der Waals surface area contributed by atoms with E-state index in [2.05, 4.69) is 18.7 Å². The number of benzene rings is 2. The van der Waals surface area contributed by atoms with Gasteiger partial charge >= 0.3 is 29.6 Å². The number of aliphatic carboxylic acids is 1. The molecule has 0 saturated heterocycles. The van der Waals surface area contributed by atoms with Crippen LogP contribution in [0.1, 0.15) is 43.7 Å². The molecule has 0 aliphatic carbocycles. The summed E-state index contributed by atoms with van der Waals surface area (Å²) in [5.41, 5.74) is 3.12. The predicted molar refractivity (Wildman–Crippen MR) is 110 cm³/mol. The number of carbonyl (C=O) groups is 2. The number of fused-ring (bicyclic) bond motifs is 1. The second kappa shape index (κ2) is 11.0. The van der Waals surface area contributed by atoms with E-state index in [0.29, 0.717) is 0 Å². The molecule has 3 atom stereocenters. The number of para-hydroxylation sites is 1. The molecule has 3 rings (SSSR count). The van der Waals surface area contributed by atoms with Crippen LogP contribution in [-0.4, -0.2) is 35.0 Å². The number of ketones is 1. The molecule has 158 valence electrons. The zero-order valence-electron chi connectivity index (χ0n) is 18.0. The zero-order chi connectivity index (χ0) is 21.8. The topological polar surface area (TPSA) is 80.7 Å². The summed E-state index contributed by atoms with van der Waals surface area (Å²) in [5.74, 6) is -2.42. The van der Waals surface area contributed by atoms with E-state index in [1.54, 1.807) is 12.1 Å². The molecule has 1 heterocycles. The maximum absolute atomic E-state index is 13.5. The van der Waals surface area contributed by atoms with E-state index in [-0.39, 0.29) is 59.8 Å². The van der Waals surface area contributed by atoms with Crippen molar-refractivity contribution < 1.29 is 53.7 Å².